The maximum Gasteiger partial charge on any atom is 0.509 e. The van der Waals surface area contributed by atoms with Crippen LogP contribution in [0.5, 0.6) is 0 Å². The lowest BCUT2D eigenvalue weighted by atomic mass is 10.1. The van der Waals surface area contributed by atoms with Gasteiger partial charge in [0.2, 0.25) is 0 Å². The first-order valence-corrected chi connectivity index (χ1v) is 15.3. The molecule has 4 atom stereocenters. The van der Waals surface area contributed by atoms with Crippen molar-refractivity contribution in [3.8, 4) is 0 Å². The topological polar surface area (TPSA) is 144 Å². The van der Waals surface area contributed by atoms with E-state index in [2.05, 4.69) is 19.7 Å². The molecule has 0 aliphatic carbocycles. The zero-order valence-electron chi connectivity index (χ0n) is 28.5. The van der Waals surface area contributed by atoms with Crippen LogP contribution in [0.15, 0.2) is 37.8 Å². The monoisotopic (exact) mass is 656 g/mol. The summed E-state index contributed by atoms with van der Waals surface area (Å²) >= 11 is 0. The summed E-state index contributed by atoms with van der Waals surface area (Å²) in [4.78, 5) is 36.9. The van der Waals surface area contributed by atoms with Gasteiger partial charge in [-0.05, 0) is 62.0 Å². The van der Waals surface area contributed by atoms with E-state index in [1.165, 1.54) is 12.2 Å². The van der Waals surface area contributed by atoms with Crippen molar-refractivity contribution in [1.29, 1.82) is 0 Å². The average molecular weight is 657 g/mol. The highest BCUT2D eigenvalue weighted by Crippen LogP contribution is 2.33. The number of hydrogen-bond acceptors (Lipinski definition) is 13. The highest BCUT2D eigenvalue weighted by molar-refractivity contribution is 5.79. The Morgan fingerprint density at radius 1 is 0.696 bits per heavy atom. The van der Waals surface area contributed by atoms with Gasteiger partial charge in [-0.2, -0.15) is 0 Å². The van der Waals surface area contributed by atoms with Crippen LogP contribution < -0.4 is 0 Å². The Balaban J connectivity index is 1.77. The first-order chi connectivity index (χ1) is 21.3. The van der Waals surface area contributed by atoms with Crippen LogP contribution in [-0.2, 0) is 57.0 Å². The predicted octanol–water partition coefficient (Wildman–Crippen LogP) is 4.57. The van der Waals surface area contributed by atoms with Gasteiger partial charge in [-0.3, -0.25) is 0 Å². The molecule has 0 N–H and O–H groups in total. The van der Waals surface area contributed by atoms with Gasteiger partial charge in [-0.1, -0.05) is 25.3 Å². The molecule has 13 nitrogen and oxygen atoms in total. The third-order valence-electron chi connectivity index (χ3n) is 7.22. The number of esters is 2. The number of carbonyl (C=O) groups excluding carboxylic acids is 3. The van der Waals surface area contributed by atoms with Crippen molar-refractivity contribution in [2.24, 2.45) is 0 Å². The second kappa shape index (κ2) is 16.6. The second-order valence-corrected chi connectivity index (χ2v) is 13.2. The van der Waals surface area contributed by atoms with Crippen LogP contribution in [0.4, 0.5) is 4.79 Å². The fraction of sp³-hybridized carbons (Fsp3) is 0.727. The standard InChI is InChI=1S/C33H52O13/c1-12-16-37-27(34)32(8,9)41-18-14-30(4,5)45-22(3)43-23-20-39-26-24(21-40-25(23)26)44-29(36)46-31(6,7)15-19-42-33(10,11)28(35)38-17-13-2/h12-13,23-26H,1-3,14-21H2,4-11H3. The molecule has 0 aromatic heterocycles. The van der Waals surface area contributed by atoms with Gasteiger partial charge >= 0.3 is 18.1 Å². The minimum atomic E-state index is -1.17. The van der Waals surface area contributed by atoms with Crippen molar-refractivity contribution in [3.63, 3.8) is 0 Å². The van der Waals surface area contributed by atoms with Gasteiger partial charge in [0, 0.05) is 12.8 Å². The number of hydrogen-bond donors (Lipinski definition) is 0. The number of carbonyl (C=O) groups is 3. The van der Waals surface area contributed by atoms with Crippen LogP contribution in [0.1, 0.15) is 68.2 Å². The second-order valence-electron chi connectivity index (χ2n) is 13.2. The molecule has 262 valence electrons. The molecule has 0 aromatic rings. The third kappa shape index (κ3) is 12.2. The Labute approximate surface area is 272 Å². The highest BCUT2D eigenvalue weighted by atomic mass is 16.8. The molecule has 2 fully saturated rings. The molecule has 0 saturated carbocycles. The number of rotatable bonds is 20. The molecule has 4 unspecified atom stereocenters. The Morgan fingerprint density at radius 2 is 1.11 bits per heavy atom. The van der Waals surface area contributed by atoms with E-state index in [9.17, 15) is 14.4 Å². The van der Waals surface area contributed by atoms with E-state index in [0.29, 0.717) is 12.8 Å². The molecular weight excluding hydrogens is 604 g/mol. The normalized spacial score (nSPS) is 21.5. The maximum absolute atomic E-state index is 12.7. The van der Waals surface area contributed by atoms with Crippen LogP contribution in [0.2, 0.25) is 0 Å². The van der Waals surface area contributed by atoms with Crippen LogP contribution in [0, 0.1) is 0 Å². The fourth-order valence-electron chi connectivity index (χ4n) is 4.45. The van der Waals surface area contributed by atoms with Gasteiger partial charge in [0.1, 0.15) is 36.6 Å². The molecular formula is C33H52O13. The lowest BCUT2D eigenvalue weighted by molar-refractivity contribution is -0.169. The molecule has 2 aliphatic heterocycles. The first kappa shape index (κ1) is 39.1. The zero-order chi connectivity index (χ0) is 34.8. The summed E-state index contributed by atoms with van der Waals surface area (Å²) in [5.41, 5.74) is -3.98. The molecule has 2 rings (SSSR count). The molecule has 2 heterocycles. The van der Waals surface area contributed by atoms with E-state index in [1.54, 1.807) is 41.5 Å². The third-order valence-corrected chi connectivity index (χ3v) is 7.22. The Morgan fingerprint density at radius 3 is 1.54 bits per heavy atom. The quantitative estimate of drug-likeness (QED) is 0.0782. The minimum absolute atomic E-state index is 0.0670. The Hall–Kier alpha value is -3.13. The average Bonchev–Trinajstić information content (AvgIpc) is 3.51. The van der Waals surface area contributed by atoms with E-state index in [1.807, 2.05) is 13.8 Å². The highest BCUT2D eigenvalue weighted by Gasteiger charge is 2.51. The van der Waals surface area contributed by atoms with Crippen molar-refractivity contribution in [2.45, 2.75) is 115 Å². The van der Waals surface area contributed by atoms with Gasteiger partial charge in [0.25, 0.3) is 5.95 Å². The van der Waals surface area contributed by atoms with Gasteiger partial charge in [0.05, 0.1) is 26.4 Å². The summed E-state index contributed by atoms with van der Waals surface area (Å²) in [6, 6.07) is 0. The van der Waals surface area contributed by atoms with E-state index >= 15 is 0 Å². The molecule has 0 radical (unpaired) electrons. The van der Waals surface area contributed by atoms with Crippen LogP contribution in [-0.4, -0.2) is 105 Å². The van der Waals surface area contributed by atoms with Crippen LogP contribution in [0.25, 0.3) is 0 Å². The van der Waals surface area contributed by atoms with Crippen LogP contribution >= 0.6 is 0 Å². The molecule has 0 amide bonds. The van der Waals surface area contributed by atoms with E-state index in [-0.39, 0.29) is 45.6 Å². The lowest BCUT2D eigenvalue weighted by Crippen LogP contribution is -2.40. The van der Waals surface area contributed by atoms with Crippen molar-refractivity contribution in [3.05, 3.63) is 37.8 Å². The molecule has 46 heavy (non-hydrogen) atoms. The molecule has 0 spiro atoms. The van der Waals surface area contributed by atoms with Gasteiger partial charge in [-0.25, -0.2) is 14.4 Å². The summed E-state index contributed by atoms with van der Waals surface area (Å²) in [5.74, 6) is -0.939. The summed E-state index contributed by atoms with van der Waals surface area (Å²) in [6.45, 7) is 25.3. The molecule has 0 bridgehead atoms. The lowest BCUT2D eigenvalue weighted by Gasteiger charge is -2.30. The smallest absolute Gasteiger partial charge is 0.460 e. The van der Waals surface area contributed by atoms with Crippen molar-refractivity contribution >= 4 is 18.1 Å². The summed E-state index contributed by atoms with van der Waals surface area (Å²) in [7, 11) is 0. The predicted molar refractivity (Wildman–Crippen MR) is 166 cm³/mol. The summed E-state index contributed by atoms with van der Waals surface area (Å²) in [5, 5.41) is 0. The SMILES string of the molecule is C=CCOC(=O)C(C)(C)OCCC(C)(C)OC(=C)OC1COC2C(OC(=O)OC(C)(C)CCOC(C)(C)C(=O)OCC=C)COC12. The van der Waals surface area contributed by atoms with Crippen molar-refractivity contribution < 1.29 is 61.8 Å². The Kier molecular flexibility index (Phi) is 14.1. The minimum Gasteiger partial charge on any atom is -0.460 e. The van der Waals surface area contributed by atoms with E-state index in [4.69, 9.17) is 47.4 Å². The number of ether oxygens (including phenoxy) is 10. The number of fused-ring (bicyclic) bond motifs is 1. The van der Waals surface area contributed by atoms with Gasteiger partial charge in [-0.15, -0.1) is 0 Å². The molecule has 2 aliphatic rings. The fourth-order valence-corrected chi connectivity index (χ4v) is 4.45. The first-order valence-electron chi connectivity index (χ1n) is 15.3. The van der Waals surface area contributed by atoms with Crippen LogP contribution in [0.3, 0.4) is 0 Å². The van der Waals surface area contributed by atoms with Gasteiger partial charge in [0.15, 0.2) is 23.4 Å². The van der Waals surface area contributed by atoms with Gasteiger partial charge < -0.3 is 47.4 Å². The largest absolute Gasteiger partial charge is 0.509 e. The molecule has 2 saturated heterocycles. The Bertz CT molecular complexity index is 993. The summed E-state index contributed by atoms with van der Waals surface area (Å²) in [6.07, 6.45) is 0.475. The van der Waals surface area contributed by atoms with Crippen molar-refractivity contribution in [2.75, 3.05) is 39.6 Å². The summed E-state index contributed by atoms with van der Waals surface area (Å²) < 4.78 is 56.2. The van der Waals surface area contributed by atoms with E-state index in [0.717, 1.165) is 0 Å². The zero-order valence-corrected chi connectivity index (χ0v) is 28.5. The van der Waals surface area contributed by atoms with Crippen molar-refractivity contribution in [1.82, 2.24) is 0 Å². The molecule has 13 heteroatoms. The molecule has 0 aromatic carbocycles. The maximum atomic E-state index is 12.7. The van der Waals surface area contributed by atoms with E-state index < -0.39 is 64.9 Å².